The summed E-state index contributed by atoms with van der Waals surface area (Å²) in [5.74, 6) is 1.65. The summed E-state index contributed by atoms with van der Waals surface area (Å²) in [6, 6.07) is 2.05. The number of pyridine rings is 1. The molecule has 0 atom stereocenters. The van der Waals surface area contributed by atoms with Crippen LogP contribution in [0.1, 0.15) is 25.5 Å². The number of unbranched alkanes of at least 4 members (excludes halogenated alkanes) is 1. The highest BCUT2D eigenvalue weighted by Crippen LogP contribution is 2.26. The molecule has 1 fully saturated rings. The molecular formula is C20H29N9O. The Balaban J connectivity index is 1.58. The van der Waals surface area contributed by atoms with Crippen LogP contribution in [0.15, 0.2) is 18.5 Å². The van der Waals surface area contributed by atoms with Gasteiger partial charge in [-0.05, 0) is 6.42 Å². The highest BCUT2D eigenvalue weighted by Gasteiger charge is 2.16. The number of nitrogens with zero attached hydrogens (tertiary/aromatic N) is 6. The van der Waals surface area contributed by atoms with E-state index in [0.717, 1.165) is 62.7 Å². The molecule has 3 aromatic rings. The summed E-state index contributed by atoms with van der Waals surface area (Å²) in [4.78, 5) is 15.6. The fourth-order valence-electron chi connectivity index (χ4n) is 3.57. The van der Waals surface area contributed by atoms with Gasteiger partial charge in [-0.15, -0.1) is 0 Å². The number of nitrogen functional groups attached to an aromatic ring is 1. The molecule has 0 aromatic carbocycles. The summed E-state index contributed by atoms with van der Waals surface area (Å²) in [5.41, 5.74) is 9.18. The van der Waals surface area contributed by atoms with Gasteiger partial charge < -0.3 is 26.0 Å². The summed E-state index contributed by atoms with van der Waals surface area (Å²) in [5, 5.41) is 11.4. The molecule has 0 bridgehead atoms. The van der Waals surface area contributed by atoms with Gasteiger partial charge in [0.2, 0.25) is 5.95 Å². The Labute approximate surface area is 175 Å². The van der Waals surface area contributed by atoms with Crippen LogP contribution >= 0.6 is 0 Å². The number of methoxy groups -OCH3 is 1. The van der Waals surface area contributed by atoms with Gasteiger partial charge in [-0.3, -0.25) is 9.67 Å². The number of aromatic nitrogens is 5. The minimum Gasteiger partial charge on any atom is -0.495 e. The molecule has 10 nitrogen and oxygen atoms in total. The van der Waals surface area contributed by atoms with Gasteiger partial charge in [0, 0.05) is 38.8 Å². The molecule has 1 aliphatic rings. The van der Waals surface area contributed by atoms with Crippen LogP contribution in [0.25, 0.3) is 11.0 Å². The molecule has 3 aromatic heterocycles. The third-order valence-corrected chi connectivity index (χ3v) is 5.18. The van der Waals surface area contributed by atoms with Crippen LogP contribution in [-0.2, 0) is 6.54 Å². The Morgan fingerprint density at radius 2 is 2.10 bits per heavy atom. The van der Waals surface area contributed by atoms with Crippen molar-refractivity contribution in [3.8, 4) is 5.75 Å². The smallest absolute Gasteiger partial charge is 0.222 e. The van der Waals surface area contributed by atoms with Crippen LogP contribution < -0.4 is 26.0 Å². The standard InChI is InChI=1S/C20H29N9O/c1-3-4-5-23-19-18-16(25-20(21)26-19)13-29(27-18)12-15-17(30-2)10-14(11-24-15)28-8-6-22-7-9-28/h10-11,13,22H,3-9,12H2,1-2H3,(H3,21,23,25,26). The molecule has 0 unspecified atom stereocenters. The highest BCUT2D eigenvalue weighted by atomic mass is 16.5. The summed E-state index contributed by atoms with van der Waals surface area (Å²) in [6.45, 7) is 7.30. The number of hydrogen-bond donors (Lipinski definition) is 3. The zero-order valence-electron chi connectivity index (χ0n) is 17.6. The maximum absolute atomic E-state index is 5.88. The summed E-state index contributed by atoms with van der Waals surface area (Å²) in [6.07, 6.45) is 5.92. The normalized spacial score (nSPS) is 14.3. The minimum absolute atomic E-state index is 0.233. The minimum atomic E-state index is 0.233. The monoisotopic (exact) mass is 411 g/mol. The van der Waals surface area contributed by atoms with Crippen molar-refractivity contribution in [2.75, 3.05) is 55.8 Å². The largest absolute Gasteiger partial charge is 0.495 e. The van der Waals surface area contributed by atoms with E-state index in [-0.39, 0.29) is 5.95 Å². The van der Waals surface area contributed by atoms with Gasteiger partial charge in [-0.1, -0.05) is 13.3 Å². The second-order valence-corrected chi connectivity index (χ2v) is 7.35. The zero-order valence-corrected chi connectivity index (χ0v) is 17.6. The molecule has 4 heterocycles. The van der Waals surface area contributed by atoms with Crippen molar-refractivity contribution in [1.29, 1.82) is 0 Å². The number of fused-ring (bicyclic) bond motifs is 1. The molecule has 0 radical (unpaired) electrons. The Hall–Kier alpha value is -3.14. The molecule has 0 aliphatic carbocycles. The van der Waals surface area contributed by atoms with Crippen LogP contribution in [-0.4, -0.2) is 64.6 Å². The van der Waals surface area contributed by atoms with E-state index in [9.17, 15) is 0 Å². The molecule has 4 rings (SSSR count). The molecule has 0 spiro atoms. The van der Waals surface area contributed by atoms with E-state index in [1.165, 1.54) is 0 Å². The van der Waals surface area contributed by atoms with E-state index >= 15 is 0 Å². The first-order chi connectivity index (χ1) is 14.7. The average molecular weight is 412 g/mol. The topological polar surface area (TPSA) is 119 Å². The number of rotatable bonds is 8. The second kappa shape index (κ2) is 9.12. The lowest BCUT2D eigenvalue weighted by Crippen LogP contribution is -2.43. The van der Waals surface area contributed by atoms with Crippen molar-refractivity contribution in [1.82, 2.24) is 30.0 Å². The Morgan fingerprint density at radius 1 is 1.27 bits per heavy atom. The van der Waals surface area contributed by atoms with E-state index in [0.29, 0.717) is 23.4 Å². The Bertz CT molecular complexity index is 997. The zero-order chi connectivity index (χ0) is 20.9. The van der Waals surface area contributed by atoms with Crippen molar-refractivity contribution in [3.63, 3.8) is 0 Å². The van der Waals surface area contributed by atoms with Gasteiger partial charge >= 0.3 is 0 Å². The first kappa shape index (κ1) is 20.1. The quantitative estimate of drug-likeness (QED) is 0.474. The summed E-state index contributed by atoms with van der Waals surface area (Å²) in [7, 11) is 1.67. The SMILES string of the molecule is CCCCNc1nc(N)nc2cn(Cc3ncc(N4CCNCC4)cc3OC)nc12. The van der Waals surface area contributed by atoms with Crippen LogP contribution in [0.3, 0.4) is 0 Å². The fraction of sp³-hybridized carbons (Fsp3) is 0.500. The third-order valence-electron chi connectivity index (χ3n) is 5.18. The molecule has 10 heteroatoms. The van der Waals surface area contributed by atoms with Gasteiger partial charge in [0.05, 0.1) is 31.7 Å². The summed E-state index contributed by atoms with van der Waals surface area (Å²) < 4.78 is 7.43. The van der Waals surface area contributed by atoms with E-state index in [4.69, 9.17) is 10.5 Å². The van der Waals surface area contributed by atoms with E-state index in [2.05, 4.69) is 42.5 Å². The molecule has 160 valence electrons. The summed E-state index contributed by atoms with van der Waals surface area (Å²) >= 11 is 0. The number of piperazine rings is 1. The number of hydrogen-bond acceptors (Lipinski definition) is 9. The molecule has 1 aliphatic heterocycles. The van der Waals surface area contributed by atoms with Crippen LogP contribution in [0, 0.1) is 0 Å². The number of nitrogens with two attached hydrogens (primary N) is 1. The molecule has 0 amide bonds. The van der Waals surface area contributed by atoms with Gasteiger partial charge in [0.15, 0.2) is 11.3 Å². The van der Waals surface area contributed by atoms with Gasteiger partial charge in [-0.25, -0.2) is 4.98 Å². The van der Waals surface area contributed by atoms with E-state index in [1.807, 2.05) is 18.5 Å². The number of nitrogens with one attached hydrogen (secondary N) is 2. The van der Waals surface area contributed by atoms with Crippen molar-refractivity contribution in [3.05, 3.63) is 24.2 Å². The van der Waals surface area contributed by atoms with E-state index < -0.39 is 0 Å². The third kappa shape index (κ3) is 4.38. The average Bonchev–Trinajstić information content (AvgIpc) is 3.17. The lowest BCUT2D eigenvalue weighted by atomic mass is 10.2. The maximum Gasteiger partial charge on any atom is 0.222 e. The fourth-order valence-corrected chi connectivity index (χ4v) is 3.57. The van der Waals surface area contributed by atoms with Crippen molar-refractivity contribution in [2.45, 2.75) is 26.3 Å². The van der Waals surface area contributed by atoms with Crippen LogP contribution in [0.4, 0.5) is 17.5 Å². The van der Waals surface area contributed by atoms with Crippen molar-refractivity contribution >= 4 is 28.5 Å². The molecule has 4 N–H and O–H groups in total. The van der Waals surface area contributed by atoms with Crippen molar-refractivity contribution < 1.29 is 4.74 Å². The van der Waals surface area contributed by atoms with E-state index in [1.54, 1.807) is 11.8 Å². The first-order valence-corrected chi connectivity index (χ1v) is 10.4. The Kier molecular flexibility index (Phi) is 6.12. The van der Waals surface area contributed by atoms with Gasteiger partial charge in [-0.2, -0.15) is 10.1 Å². The molecule has 1 saturated heterocycles. The van der Waals surface area contributed by atoms with Crippen LogP contribution in [0.5, 0.6) is 5.75 Å². The van der Waals surface area contributed by atoms with Crippen LogP contribution in [0.2, 0.25) is 0 Å². The number of ether oxygens (including phenoxy) is 1. The lowest BCUT2D eigenvalue weighted by Gasteiger charge is -2.29. The maximum atomic E-state index is 5.88. The molecule has 30 heavy (non-hydrogen) atoms. The second-order valence-electron chi connectivity index (χ2n) is 7.35. The number of anilines is 3. The Morgan fingerprint density at radius 3 is 2.87 bits per heavy atom. The predicted molar refractivity (Wildman–Crippen MR) is 118 cm³/mol. The molecular weight excluding hydrogens is 382 g/mol. The molecule has 0 saturated carbocycles. The first-order valence-electron chi connectivity index (χ1n) is 10.4. The highest BCUT2D eigenvalue weighted by molar-refractivity contribution is 5.85. The van der Waals surface area contributed by atoms with Crippen molar-refractivity contribution in [2.24, 2.45) is 0 Å². The lowest BCUT2D eigenvalue weighted by molar-refractivity contribution is 0.404. The van der Waals surface area contributed by atoms with Gasteiger partial charge in [0.1, 0.15) is 17.0 Å². The predicted octanol–water partition coefficient (Wildman–Crippen LogP) is 1.48. The van der Waals surface area contributed by atoms with Gasteiger partial charge in [0.25, 0.3) is 0 Å².